The Morgan fingerprint density at radius 3 is 2.48 bits per heavy atom. The predicted octanol–water partition coefficient (Wildman–Crippen LogP) is 3.11. The van der Waals surface area contributed by atoms with E-state index in [4.69, 9.17) is 0 Å². The summed E-state index contributed by atoms with van der Waals surface area (Å²) in [6.45, 7) is 4.17. The van der Waals surface area contributed by atoms with Crippen LogP contribution in [0.4, 0.5) is 4.39 Å². The Morgan fingerprint density at radius 2 is 1.87 bits per heavy atom. The van der Waals surface area contributed by atoms with E-state index in [1.165, 1.54) is 40.7 Å². The van der Waals surface area contributed by atoms with Gasteiger partial charge in [0.1, 0.15) is 17.7 Å². The van der Waals surface area contributed by atoms with Crippen molar-refractivity contribution in [2.75, 3.05) is 13.1 Å². The molecule has 164 valence electrons. The van der Waals surface area contributed by atoms with Gasteiger partial charge in [-0.05, 0) is 35.9 Å². The van der Waals surface area contributed by atoms with E-state index < -0.39 is 27.8 Å². The van der Waals surface area contributed by atoms with Gasteiger partial charge < -0.3 is 9.88 Å². The summed E-state index contributed by atoms with van der Waals surface area (Å²) >= 11 is 0. The summed E-state index contributed by atoms with van der Waals surface area (Å²) in [7, 11) is -1.93. The Morgan fingerprint density at radius 1 is 1.16 bits per heavy atom. The number of nitrogens with zero attached hydrogens (tertiary/aromatic N) is 3. The molecule has 0 radical (unpaired) electrons. The van der Waals surface area contributed by atoms with E-state index in [1.54, 1.807) is 50.0 Å². The summed E-state index contributed by atoms with van der Waals surface area (Å²) in [4.78, 5) is 17.4. The summed E-state index contributed by atoms with van der Waals surface area (Å²) in [6, 6.07) is 11.1. The van der Waals surface area contributed by atoms with Crippen LogP contribution in [-0.2, 0) is 17.1 Å². The van der Waals surface area contributed by atoms with Gasteiger partial charge >= 0.3 is 0 Å². The average Bonchev–Trinajstić information content (AvgIpc) is 3.18. The van der Waals surface area contributed by atoms with Crippen LogP contribution < -0.4 is 5.32 Å². The van der Waals surface area contributed by atoms with Crippen molar-refractivity contribution < 1.29 is 17.6 Å². The summed E-state index contributed by atoms with van der Waals surface area (Å²) in [6.07, 6.45) is 3.32. The summed E-state index contributed by atoms with van der Waals surface area (Å²) in [5, 5.41) is 2.86. The topological polar surface area (TPSA) is 84.3 Å². The minimum atomic E-state index is -3.71. The quantitative estimate of drug-likeness (QED) is 0.579. The van der Waals surface area contributed by atoms with Crippen molar-refractivity contribution in [3.05, 3.63) is 83.7 Å². The lowest BCUT2D eigenvalue weighted by Gasteiger charge is -2.20. The Balaban J connectivity index is 1.96. The lowest BCUT2D eigenvalue weighted by atomic mass is 10.0. The number of imidazole rings is 1. The molecule has 1 heterocycles. The fraction of sp³-hybridized carbons (Fsp3) is 0.273. The van der Waals surface area contributed by atoms with Crippen LogP contribution in [0.3, 0.4) is 0 Å². The van der Waals surface area contributed by atoms with Gasteiger partial charge in [0.05, 0.1) is 4.90 Å². The molecular weight excluding hydrogens is 419 g/mol. The Hall–Kier alpha value is -3.04. The van der Waals surface area contributed by atoms with Crippen LogP contribution in [-0.4, -0.2) is 41.3 Å². The Labute approximate surface area is 181 Å². The van der Waals surface area contributed by atoms with E-state index in [0.717, 1.165) is 0 Å². The molecule has 1 aromatic heterocycles. The minimum absolute atomic E-state index is 0.0446. The van der Waals surface area contributed by atoms with Crippen molar-refractivity contribution in [1.29, 1.82) is 0 Å². The van der Waals surface area contributed by atoms with E-state index in [-0.39, 0.29) is 10.5 Å². The second kappa shape index (κ2) is 9.40. The van der Waals surface area contributed by atoms with Crippen LogP contribution in [0.1, 0.15) is 41.6 Å². The zero-order chi connectivity index (χ0) is 22.6. The van der Waals surface area contributed by atoms with Gasteiger partial charge in [0.15, 0.2) is 0 Å². The summed E-state index contributed by atoms with van der Waals surface area (Å²) in [5.74, 6) is -0.405. The van der Waals surface area contributed by atoms with Crippen LogP contribution in [0.2, 0.25) is 0 Å². The van der Waals surface area contributed by atoms with Crippen LogP contribution in [0, 0.1) is 5.82 Å². The molecular formula is C22H25FN4O3S. The van der Waals surface area contributed by atoms with E-state index in [9.17, 15) is 17.6 Å². The van der Waals surface area contributed by atoms with Gasteiger partial charge in [-0.3, -0.25) is 4.79 Å². The number of rotatable bonds is 8. The number of aryl methyl sites for hydroxylation is 1. The molecule has 3 aromatic rings. The van der Waals surface area contributed by atoms with Gasteiger partial charge in [0, 0.05) is 38.1 Å². The summed E-state index contributed by atoms with van der Waals surface area (Å²) < 4.78 is 42.5. The van der Waals surface area contributed by atoms with Gasteiger partial charge in [-0.25, -0.2) is 17.8 Å². The fourth-order valence-corrected chi connectivity index (χ4v) is 4.87. The SMILES string of the molecule is CCN(CC)S(=O)(=O)c1cccc(C(=O)NC(c2cccc(F)c2)c2nccn2C)c1. The molecule has 0 aliphatic rings. The normalized spacial score (nSPS) is 12.7. The second-order valence-corrected chi connectivity index (χ2v) is 8.91. The molecule has 7 nitrogen and oxygen atoms in total. The molecule has 0 fully saturated rings. The molecule has 2 aromatic carbocycles. The van der Waals surface area contributed by atoms with Crippen molar-refractivity contribution in [3.8, 4) is 0 Å². The van der Waals surface area contributed by atoms with Gasteiger partial charge in [-0.1, -0.05) is 32.0 Å². The van der Waals surface area contributed by atoms with E-state index in [0.29, 0.717) is 24.5 Å². The lowest BCUT2D eigenvalue weighted by Crippen LogP contribution is -2.32. The number of amides is 1. The molecule has 1 unspecified atom stereocenters. The fourth-order valence-electron chi connectivity index (χ4n) is 3.36. The molecule has 0 saturated carbocycles. The Bertz CT molecular complexity index is 1170. The highest BCUT2D eigenvalue weighted by Crippen LogP contribution is 2.23. The number of carbonyl (C=O) groups excluding carboxylic acids is 1. The van der Waals surface area contributed by atoms with Crippen molar-refractivity contribution in [1.82, 2.24) is 19.2 Å². The van der Waals surface area contributed by atoms with Crippen LogP contribution in [0.5, 0.6) is 0 Å². The van der Waals surface area contributed by atoms with Crippen LogP contribution in [0.25, 0.3) is 0 Å². The second-order valence-electron chi connectivity index (χ2n) is 6.97. The number of aromatic nitrogens is 2. The standard InChI is InChI=1S/C22H25FN4O3S/c1-4-27(5-2)31(29,30)19-11-7-9-17(15-19)22(28)25-20(21-24-12-13-26(21)3)16-8-6-10-18(23)14-16/h6-15,20H,4-5H2,1-3H3,(H,25,28). The molecule has 1 N–H and O–H groups in total. The van der Waals surface area contributed by atoms with Gasteiger partial charge in [-0.2, -0.15) is 4.31 Å². The third-order valence-corrected chi connectivity index (χ3v) is 7.06. The molecule has 3 rings (SSSR count). The first-order valence-electron chi connectivity index (χ1n) is 9.91. The average molecular weight is 445 g/mol. The Kier molecular flexibility index (Phi) is 6.87. The number of hydrogen-bond acceptors (Lipinski definition) is 4. The first-order valence-corrected chi connectivity index (χ1v) is 11.4. The van der Waals surface area contributed by atoms with Crippen LogP contribution in [0.15, 0.2) is 65.8 Å². The van der Waals surface area contributed by atoms with Crippen molar-refractivity contribution in [3.63, 3.8) is 0 Å². The van der Waals surface area contributed by atoms with Crippen molar-refractivity contribution >= 4 is 15.9 Å². The minimum Gasteiger partial charge on any atom is -0.338 e. The first-order chi connectivity index (χ1) is 14.8. The number of sulfonamides is 1. The van der Waals surface area contributed by atoms with E-state index in [2.05, 4.69) is 10.3 Å². The largest absolute Gasteiger partial charge is 0.338 e. The number of halogens is 1. The monoisotopic (exact) mass is 444 g/mol. The van der Waals surface area contributed by atoms with Gasteiger partial charge in [-0.15, -0.1) is 0 Å². The molecule has 31 heavy (non-hydrogen) atoms. The van der Waals surface area contributed by atoms with Gasteiger partial charge in [0.25, 0.3) is 5.91 Å². The zero-order valence-electron chi connectivity index (χ0n) is 17.6. The maximum Gasteiger partial charge on any atom is 0.252 e. The number of benzene rings is 2. The van der Waals surface area contributed by atoms with E-state index in [1.807, 2.05) is 0 Å². The smallest absolute Gasteiger partial charge is 0.252 e. The van der Waals surface area contributed by atoms with Crippen molar-refractivity contribution in [2.45, 2.75) is 24.8 Å². The maximum absolute atomic E-state index is 13.8. The molecule has 1 amide bonds. The van der Waals surface area contributed by atoms with Crippen molar-refractivity contribution in [2.24, 2.45) is 7.05 Å². The van der Waals surface area contributed by atoms with E-state index >= 15 is 0 Å². The molecule has 9 heteroatoms. The lowest BCUT2D eigenvalue weighted by molar-refractivity contribution is 0.0941. The van der Waals surface area contributed by atoms with Crippen LogP contribution >= 0.6 is 0 Å². The number of carbonyl (C=O) groups is 1. The molecule has 0 aliphatic heterocycles. The number of nitrogens with one attached hydrogen (secondary N) is 1. The summed E-state index contributed by atoms with van der Waals surface area (Å²) in [5.41, 5.74) is 0.707. The third-order valence-electron chi connectivity index (χ3n) is 5.01. The molecule has 0 spiro atoms. The first kappa shape index (κ1) is 22.6. The maximum atomic E-state index is 13.8. The molecule has 0 bridgehead atoms. The third kappa shape index (κ3) is 4.83. The molecule has 0 saturated heterocycles. The highest BCUT2D eigenvalue weighted by molar-refractivity contribution is 7.89. The highest BCUT2D eigenvalue weighted by atomic mass is 32.2. The van der Waals surface area contributed by atoms with Gasteiger partial charge in [0.2, 0.25) is 10.0 Å². The molecule has 1 atom stereocenters. The highest BCUT2D eigenvalue weighted by Gasteiger charge is 2.25. The predicted molar refractivity (Wildman–Crippen MR) is 115 cm³/mol. The zero-order valence-corrected chi connectivity index (χ0v) is 18.4. The molecule has 0 aliphatic carbocycles. The number of hydrogen-bond donors (Lipinski definition) is 1.